The van der Waals surface area contributed by atoms with Gasteiger partial charge in [0, 0.05) is 12.0 Å². The molecule has 5 N–H and O–H groups in total. The maximum atomic E-state index is 11.0. The lowest BCUT2D eigenvalue weighted by molar-refractivity contribution is -0.143. The van der Waals surface area contributed by atoms with E-state index >= 15 is 0 Å². The van der Waals surface area contributed by atoms with Gasteiger partial charge in [-0.25, -0.2) is 0 Å². The van der Waals surface area contributed by atoms with Crippen LogP contribution in [0, 0.1) is 0 Å². The molecule has 1 aromatic carbocycles. The number of phenolic OH excluding ortho intramolecular Hbond substituents is 2. The predicted molar refractivity (Wildman–Crippen MR) is 63.3 cm³/mol. The summed E-state index contributed by atoms with van der Waals surface area (Å²) in [4.78, 5) is 11.0. The van der Waals surface area contributed by atoms with E-state index in [1.54, 1.807) is 6.92 Å². The molecule has 94 valence electrons. The van der Waals surface area contributed by atoms with Crippen LogP contribution in [-0.2, 0) is 11.2 Å². The van der Waals surface area contributed by atoms with Gasteiger partial charge < -0.3 is 21.1 Å². The maximum Gasteiger partial charge on any atom is 0.324 e. The Morgan fingerprint density at radius 3 is 2.47 bits per heavy atom. The van der Waals surface area contributed by atoms with Gasteiger partial charge in [0.2, 0.25) is 0 Å². The molecule has 0 saturated heterocycles. The number of rotatable bonds is 4. The molecule has 0 aromatic heterocycles. The van der Waals surface area contributed by atoms with Gasteiger partial charge in [-0.3, -0.25) is 4.79 Å². The number of aliphatic carboxylic acids is 1. The van der Waals surface area contributed by atoms with Gasteiger partial charge in [-0.05, 0) is 12.5 Å². The summed E-state index contributed by atoms with van der Waals surface area (Å²) in [7, 11) is 0. The molecule has 0 radical (unpaired) electrons. The van der Waals surface area contributed by atoms with Gasteiger partial charge in [-0.2, -0.15) is 0 Å². The molecule has 1 rings (SSSR count). The van der Waals surface area contributed by atoms with Crippen molar-refractivity contribution in [2.45, 2.75) is 25.3 Å². The van der Waals surface area contributed by atoms with Crippen LogP contribution in [0.15, 0.2) is 12.1 Å². The fourth-order valence-corrected chi connectivity index (χ4v) is 1.58. The summed E-state index contributed by atoms with van der Waals surface area (Å²) in [5.74, 6) is -2.05. The second kappa shape index (κ2) is 4.81. The third kappa shape index (κ3) is 2.62. The Bertz CT molecular complexity index is 449. The average molecular weight is 260 g/mol. The van der Waals surface area contributed by atoms with Gasteiger partial charge in [-0.15, -0.1) is 0 Å². The van der Waals surface area contributed by atoms with E-state index in [1.165, 1.54) is 12.1 Å². The molecule has 6 heteroatoms. The minimum absolute atomic E-state index is 0.000643. The minimum atomic E-state index is -1.47. The third-order valence-electron chi connectivity index (χ3n) is 2.75. The number of halogens is 1. The number of carboxylic acids is 1. The van der Waals surface area contributed by atoms with Crippen LogP contribution < -0.4 is 5.73 Å². The average Bonchev–Trinajstić information content (AvgIpc) is 2.29. The lowest BCUT2D eigenvalue weighted by Crippen LogP contribution is -2.49. The van der Waals surface area contributed by atoms with Crippen LogP contribution in [0.25, 0.3) is 0 Å². The summed E-state index contributed by atoms with van der Waals surface area (Å²) in [6.07, 6.45) is 0.112. The number of carboxylic acid groups (broad SMARTS) is 1. The Kier molecular flexibility index (Phi) is 3.85. The number of benzene rings is 1. The standard InChI is InChI=1S/C11H14ClNO4/c1-2-11(13,10(16)17)5-6-3-4-7(12)9(15)8(6)14/h3-4,14-15H,2,5,13H2,1H3,(H,16,17)/t11-/m0/s1. The molecular weight excluding hydrogens is 246 g/mol. The van der Waals surface area contributed by atoms with E-state index in [1.807, 2.05) is 0 Å². The zero-order chi connectivity index (χ0) is 13.2. The molecule has 0 amide bonds. The zero-order valence-electron chi connectivity index (χ0n) is 9.27. The topological polar surface area (TPSA) is 104 Å². The molecule has 17 heavy (non-hydrogen) atoms. The molecule has 0 fully saturated rings. The normalized spacial score (nSPS) is 14.3. The van der Waals surface area contributed by atoms with E-state index in [2.05, 4.69) is 0 Å². The summed E-state index contributed by atoms with van der Waals surface area (Å²) in [5.41, 5.74) is 4.48. The lowest BCUT2D eigenvalue weighted by Gasteiger charge is -2.23. The van der Waals surface area contributed by atoms with Crippen molar-refractivity contribution < 1.29 is 20.1 Å². The van der Waals surface area contributed by atoms with Crippen LogP contribution in [-0.4, -0.2) is 26.8 Å². The van der Waals surface area contributed by atoms with Crippen molar-refractivity contribution in [2.75, 3.05) is 0 Å². The Morgan fingerprint density at radius 2 is 2.00 bits per heavy atom. The number of nitrogens with two attached hydrogens (primary N) is 1. The Labute approximate surface area is 103 Å². The van der Waals surface area contributed by atoms with Gasteiger partial charge in [0.15, 0.2) is 11.5 Å². The van der Waals surface area contributed by atoms with Crippen LogP contribution in [0.1, 0.15) is 18.9 Å². The monoisotopic (exact) mass is 259 g/mol. The summed E-state index contributed by atoms with van der Waals surface area (Å²) < 4.78 is 0. The van der Waals surface area contributed by atoms with E-state index in [9.17, 15) is 15.0 Å². The first kappa shape index (κ1) is 13.6. The highest BCUT2D eigenvalue weighted by Crippen LogP contribution is 2.37. The van der Waals surface area contributed by atoms with Crippen molar-refractivity contribution in [3.05, 3.63) is 22.7 Å². The van der Waals surface area contributed by atoms with Crippen LogP contribution >= 0.6 is 11.6 Å². The third-order valence-corrected chi connectivity index (χ3v) is 3.05. The van der Waals surface area contributed by atoms with Gasteiger partial charge >= 0.3 is 5.97 Å². The van der Waals surface area contributed by atoms with Gasteiger partial charge in [0.1, 0.15) is 5.54 Å². The SMILES string of the molecule is CC[C@](N)(Cc1ccc(Cl)c(O)c1O)C(=O)O. The van der Waals surface area contributed by atoms with E-state index in [4.69, 9.17) is 22.4 Å². The fraction of sp³-hybridized carbons (Fsp3) is 0.364. The molecule has 1 aromatic rings. The summed E-state index contributed by atoms with van der Waals surface area (Å²) in [6.45, 7) is 1.64. The molecule has 0 aliphatic heterocycles. The Morgan fingerprint density at radius 1 is 1.41 bits per heavy atom. The molecule has 5 nitrogen and oxygen atoms in total. The van der Waals surface area contributed by atoms with Gasteiger partial charge in [0.05, 0.1) is 5.02 Å². The highest BCUT2D eigenvalue weighted by molar-refractivity contribution is 6.32. The second-order valence-electron chi connectivity index (χ2n) is 3.90. The first-order valence-corrected chi connectivity index (χ1v) is 5.41. The first-order valence-electron chi connectivity index (χ1n) is 5.03. The molecule has 0 unspecified atom stereocenters. The highest BCUT2D eigenvalue weighted by Gasteiger charge is 2.33. The van der Waals surface area contributed by atoms with Crippen molar-refractivity contribution in [3.8, 4) is 11.5 Å². The van der Waals surface area contributed by atoms with Crippen molar-refractivity contribution in [2.24, 2.45) is 5.73 Å². The first-order chi connectivity index (χ1) is 7.81. The molecule has 0 saturated carbocycles. The summed E-state index contributed by atoms with van der Waals surface area (Å²) in [6, 6.07) is 2.82. The molecule has 0 aliphatic rings. The van der Waals surface area contributed by atoms with Crippen LogP contribution in [0.5, 0.6) is 11.5 Å². The van der Waals surface area contributed by atoms with Gasteiger partial charge in [0.25, 0.3) is 0 Å². The summed E-state index contributed by atoms with van der Waals surface area (Å²) in [5, 5.41) is 28.1. The molecule has 1 atom stereocenters. The number of hydrogen-bond donors (Lipinski definition) is 4. The van der Waals surface area contributed by atoms with Gasteiger partial charge in [-0.1, -0.05) is 24.6 Å². The van der Waals surface area contributed by atoms with Crippen molar-refractivity contribution in [1.29, 1.82) is 0 Å². The fourth-order valence-electron chi connectivity index (χ4n) is 1.43. The molecular formula is C11H14ClNO4. The van der Waals surface area contributed by atoms with Crippen LogP contribution in [0.2, 0.25) is 5.02 Å². The van der Waals surface area contributed by atoms with Crippen LogP contribution in [0.4, 0.5) is 0 Å². The van der Waals surface area contributed by atoms with Crippen molar-refractivity contribution in [1.82, 2.24) is 0 Å². The Hall–Kier alpha value is -1.46. The van der Waals surface area contributed by atoms with E-state index in [-0.39, 0.29) is 23.4 Å². The number of carbonyl (C=O) groups is 1. The molecule has 0 spiro atoms. The van der Waals surface area contributed by atoms with Crippen LogP contribution in [0.3, 0.4) is 0 Å². The predicted octanol–water partition coefficient (Wildman–Crippen LogP) is 1.49. The summed E-state index contributed by atoms with van der Waals surface area (Å²) >= 11 is 5.60. The zero-order valence-corrected chi connectivity index (χ0v) is 10.0. The largest absolute Gasteiger partial charge is 0.504 e. The van der Waals surface area contributed by atoms with Crippen molar-refractivity contribution in [3.63, 3.8) is 0 Å². The molecule has 0 heterocycles. The minimum Gasteiger partial charge on any atom is -0.504 e. The van der Waals surface area contributed by atoms with E-state index in [0.717, 1.165) is 0 Å². The second-order valence-corrected chi connectivity index (χ2v) is 4.30. The number of phenols is 2. The smallest absolute Gasteiger partial charge is 0.324 e. The van der Waals surface area contributed by atoms with E-state index < -0.39 is 23.0 Å². The molecule has 0 bridgehead atoms. The lowest BCUT2D eigenvalue weighted by atomic mass is 9.89. The number of aromatic hydroxyl groups is 2. The maximum absolute atomic E-state index is 11.0. The van der Waals surface area contributed by atoms with Crippen molar-refractivity contribution >= 4 is 17.6 Å². The highest BCUT2D eigenvalue weighted by atomic mass is 35.5. The number of hydrogen-bond acceptors (Lipinski definition) is 4. The quantitative estimate of drug-likeness (QED) is 0.613. The molecule has 0 aliphatic carbocycles. The van der Waals surface area contributed by atoms with E-state index in [0.29, 0.717) is 0 Å². The Balaban J connectivity index is 3.11.